The van der Waals surface area contributed by atoms with Gasteiger partial charge in [-0.15, -0.1) is 0 Å². The van der Waals surface area contributed by atoms with Crippen molar-refractivity contribution in [1.82, 2.24) is 10.6 Å². The van der Waals surface area contributed by atoms with Gasteiger partial charge < -0.3 is 25.1 Å². The van der Waals surface area contributed by atoms with Crippen LogP contribution in [0.15, 0.2) is 59.0 Å². The lowest BCUT2D eigenvalue weighted by atomic mass is 9.80. The standard InChI is InChI=1S/C27H33N3O4/c1-3-20(18-28-21-11-13-22(33-2)14-12-21)29-26(32)27(15-7-4-8-16-27)30-25(31)24-17-19-9-5-6-10-23(19)34-24/h5-6,9-14,17,20,28H,3-4,7-8,15-16,18H2,1-2H3,(H,29,32)(H,30,31)/t20-/m0/s1. The van der Waals surface area contributed by atoms with Crippen LogP contribution in [-0.2, 0) is 4.79 Å². The molecule has 4 rings (SSSR count). The second-order valence-electron chi connectivity index (χ2n) is 8.93. The van der Waals surface area contributed by atoms with Crippen LogP contribution < -0.4 is 20.7 Å². The Hall–Kier alpha value is -3.48. The number of benzene rings is 2. The van der Waals surface area contributed by atoms with Crippen LogP contribution in [0.5, 0.6) is 5.75 Å². The summed E-state index contributed by atoms with van der Waals surface area (Å²) in [6.07, 6.45) is 4.86. The van der Waals surface area contributed by atoms with Crippen molar-refractivity contribution in [3.8, 4) is 5.75 Å². The Balaban J connectivity index is 1.43. The molecule has 0 bridgehead atoms. The van der Waals surface area contributed by atoms with Gasteiger partial charge in [0.2, 0.25) is 5.91 Å². The molecule has 0 saturated heterocycles. The zero-order valence-corrected chi connectivity index (χ0v) is 19.9. The highest BCUT2D eigenvalue weighted by atomic mass is 16.5. The summed E-state index contributed by atoms with van der Waals surface area (Å²) in [5.74, 6) is 0.551. The maximum Gasteiger partial charge on any atom is 0.287 e. The molecule has 1 heterocycles. The highest BCUT2D eigenvalue weighted by Gasteiger charge is 2.42. The summed E-state index contributed by atoms with van der Waals surface area (Å²) in [5, 5.41) is 10.5. The van der Waals surface area contributed by atoms with Crippen LogP contribution in [0.4, 0.5) is 5.69 Å². The predicted octanol–water partition coefficient (Wildman–Crippen LogP) is 4.88. The molecular formula is C27H33N3O4. The largest absolute Gasteiger partial charge is 0.497 e. The third-order valence-electron chi connectivity index (χ3n) is 6.61. The van der Waals surface area contributed by atoms with Crippen LogP contribution >= 0.6 is 0 Å². The normalized spacial score (nSPS) is 15.9. The number of amides is 2. The van der Waals surface area contributed by atoms with E-state index in [-0.39, 0.29) is 23.6 Å². The summed E-state index contributed by atoms with van der Waals surface area (Å²) in [7, 11) is 1.64. The summed E-state index contributed by atoms with van der Waals surface area (Å²) in [6.45, 7) is 2.63. The van der Waals surface area contributed by atoms with Gasteiger partial charge in [-0.05, 0) is 55.7 Å². The van der Waals surface area contributed by atoms with E-state index in [9.17, 15) is 9.59 Å². The van der Waals surface area contributed by atoms with Crippen molar-refractivity contribution in [2.45, 2.75) is 57.0 Å². The van der Waals surface area contributed by atoms with Gasteiger partial charge in [-0.3, -0.25) is 9.59 Å². The van der Waals surface area contributed by atoms with E-state index in [0.717, 1.165) is 42.5 Å². The minimum absolute atomic E-state index is 0.0727. The molecule has 7 nitrogen and oxygen atoms in total. The van der Waals surface area contributed by atoms with Gasteiger partial charge in [0.1, 0.15) is 16.9 Å². The maximum atomic E-state index is 13.5. The molecule has 180 valence electrons. The number of methoxy groups -OCH3 is 1. The van der Waals surface area contributed by atoms with Crippen molar-refractivity contribution in [1.29, 1.82) is 0 Å². The number of hydrogen-bond acceptors (Lipinski definition) is 5. The summed E-state index contributed by atoms with van der Waals surface area (Å²) in [5.41, 5.74) is 0.687. The lowest BCUT2D eigenvalue weighted by Crippen LogP contribution is -2.61. The Morgan fingerprint density at radius 1 is 1.06 bits per heavy atom. The van der Waals surface area contributed by atoms with Gasteiger partial charge in [0.15, 0.2) is 5.76 Å². The molecule has 1 aromatic heterocycles. The van der Waals surface area contributed by atoms with Crippen LogP contribution in [-0.4, -0.2) is 37.0 Å². The summed E-state index contributed by atoms with van der Waals surface area (Å²) in [4.78, 5) is 26.6. The third kappa shape index (κ3) is 5.35. The quantitative estimate of drug-likeness (QED) is 0.421. The first-order valence-corrected chi connectivity index (χ1v) is 12.0. The SMILES string of the molecule is CC[C@@H](CNc1ccc(OC)cc1)NC(=O)C1(NC(=O)c2cc3ccccc3o2)CCCCC1. The number of para-hydroxylation sites is 1. The number of carbonyl (C=O) groups excluding carboxylic acids is 2. The Morgan fingerprint density at radius 2 is 1.79 bits per heavy atom. The molecule has 1 fully saturated rings. The molecule has 34 heavy (non-hydrogen) atoms. The van der Waals surface area contributed by atoms with E-state index in [1.54, 1.807) is 13.2 Å². The van der Waals surface area contributed by atoms with Gasteiger partial charge in [0.25, 0.3) is 5.91 Å². The van der Waals surface area contributed by atoms with Gasteiger partial charge in [-0.1, -0.05) is 44.4 Å². The number of ether oxygens (including phenoxy) is 1. The summed E-state index contributed by atoms with van der Waals surface area (Å²) >= 11 is 0. The highest BCUT2D eigenvalue weighted by Crippen LogP contribution is 2.30. The lowest BCUT2D eigenvalue weighted by molar-refractivity contribution is -0.129. The number of anilines is 1. The Bertz CT molecular complexity index is 1080. The Morgan fingerprint density at radius 3 is 2.47 bits per heavy atom. The average Bonchev–Trinajstić information content (AvgIpc) is 3.32. The predicted molar refractivity (Wildman–Crippen MR) is 133 cm³/mol. The number of nitrogens with one attached hydrogen (secondary N) is 3. The van der Waals surface area contributed by atoms with E-state index >= 15 is 0 Å². The first-order chi connectivity index (χ1) is 16.5. The maximum absolute atomic E-state index is 13.5. The van der Waals surface area contributed by atoms with Gasteiger partial charge >= 0.3 is 0 Å². The van der Waals surface area contributed by atoms with Crippen LogP contribution in [0.2, 0.25) is 0 Å². The molecule has 1 aliphatic carbocycles. The summed E-state index contributed by atoms with van der Waals surface area (Å²) < 4.78 is 10.9. The van der Waals surface area contributed by atoms with Crippen molar-refractivity contribution in [2.24, 2.45) is 0 Å². The lowest BCUT2D eigenvalue weighted by Gasteiger charge is -2.37. The van der Waals surface area contributed by atoms with E-state index in [1.165, 1.54) is 0 Å². The van der Waals surface area contributed by atoms with Gasteiger partial charge in [-0.2, -0.15) is 0 Å². The molecule has 0 aliphatic heterocycles. The highest BCUT2D eigenvalue weighted by molar-refractivity contribution is 6.00. The molecule has 2 aromatic carbocycles. The van der Waals surface area contributed by atoms with Crippen molar-refractivity contribution < 1.29 is 18.7 Å². The molecule has 1 saturated carbocycles. The molecule has 2 amide bonds. The van der Waals surface area contributed by atoms with E-state index in [2.05, 4.69) is 16.0 Å². The second kappa shape index (κ2) is 10.6. The third-order valence-corrected chi connectivity index (χ3v) is 6.61. The first kappa shape index (κ1) is 23.7. The molecular weight excluding hydrogens is 430 g/mol. The number of carbonyl (C=O) groups is 2. The van der Waals surface area contributed by atoms with Crippen LogP contribution in [0.25, 0.3) is 11.0 Å². The molecule has 0 radical (unpaired) electrons. The Labute approximate surface area is 200 Å². The fraction of sp³-hybridized carbons (Fsp3) is 0.407. The van der Waals surface area contributed by atoms with Gasteiger partial charge in [-0.25, -0.2) is 0 Å². The van der Waals surface area contributed by atoms with Crippen molar-refractivity contribution in [3.63, 3.8) is 0 Å². The number of rotatable bonds is 9. The molecule has 3 aromatic rings. The Kier molecular flexibility index (Phi) is 7.40. The minimum Gasteiger partial charge on any atom is -0.497 e. The number of furan rings is 1. The van der Waals surface area contributed by atoms with E-state index in [0.29, 0.717) is 25.0 Å². The molecule has 1 aliphatic rings. The molecule has 7 heteroatoms. The summed E-state index contributed by atoms with van der Waals surface area (Å²) in [6, 6.07) is 16.8. The first-order valence-electron chi connectivity index (χ1n) is 12.0. The molecule has 0 spiro atoms. The average molecular weight is 464 g/mol. The van der Waals surface area contributed by atoms with Crippen molar-refractivity contribution in [3.05, 3.63) is 60.4 Å². The number of fused-ring (bicyclic) bond motifs is 1. The minimum atomic E-state index is -0.929. The van der Waals surface area contributed by atoms with Crippen molar-refractivity contribution >= 4 is 28.5 Å². The van der Waals surface area contributed by atoms with E-state index in [4.69, 9.17) is 9.15 Å². The van der Waals surface area contributed by atoms with Crippen molar-refractivity contribution in [2.75, 3.05) is 19.0 Å². The van der Waals surface area contributed by atoms with E-state index < -0.39 is 5.54 Å². The van der Waals surface area contributed by atoms with Gasteiger partial charge in [0.05, 0.1) is 7.11 Å². The van der Waals surface area contributed by atoms with E-state index in [1.807, 2.05) is 55.5 Å². The van der Waals surface area contributed by atoms with Gasteiger partial charge in [0, 0.05) is 23.7 Å². The second-order valence-corrected chi connectivity index (χ2v) is 8.93. The number of hydrogen-bond donors (Lipinski definition) is 3. The zero-order valence-electron chi connectivity index (χ0n) is 19.9. The molecule has 1 atom stereocenters. The van der Waals surface area contributed by atoms with Crippen LogP contribution in [0, 0.1) is 0 Å². The monoisotopic (exact) mass is 463 g/mol. The smallest absolute Gasteiger partial charge is 0.287 e. The molecule has 3 N–H and O–H groups in total. The van der Waals surface area contributed by atoms with Crippen LogP contribution in [0.1, 0.15) is 56.0 Å². The topological polar surface area (TPSA) is 92.6 Å². The zero-order chi connectivity index (χ0) is 24.0. The fourth-order valence-corrected chi connectivity index (χ4v) is 4.51. The fourth-order valence-electron chi connectivity index (χ4n) is 4.51. The molecule has 0 unspecified atom stereocenters. The van der Waals surface area contributed by atoms with Crippen LogP contribution in [0.3, 0.4) is 0 Å².